The van der Waals surface area contributed by atoms with E-state index in [9.17, 15) is 8.42 Å². The Kier molecular flexibility index (Phi) is 4.41. The molecule has 7 heteroatoms. The minimum absolute atomic E-state index is 0.277. The summed E-state index contributed by atoms with van der Waals surface area (Å²) >= 11 is 0. The van der Waals surface area contributed by atoms with Crippen LogP contribution in [0.3, 0.4) is 0 Å². The molecular formula is C12H20N4O2S. The van der Waals surface area contributed by atoms with Crippen LogP contribution in [-0.2, 0) is 10.0 Å². The summed E-state index contributed by atoms with van der Waals surface area (Å²) in [6.07, 6.45) is 0. The number of hydrazine groups is 1. The molecule has 1 aromatic carbocycles. The highest BCUT2D eigenvalue weighted by Gasteiger charge is 2.14. The number of piperazine rings is 1. The second-order valence-electron chi connectivity index (χ2n) is 4.63. The predicted octanol–water partition coefficient (Wildman–Crippen LogP) is 0.169. The predicted molar refractivity (Wildman–Crippen MR) is 75.4 cm³/mol. The molecule has 6 nitrogen and oxygen atoms in total. The standard InChI is InChI=1S/C12H20N4O2S/c1-13-19(17,18)12-5-3-11(4-6-12)14-16-9-7-15(2)8-10-16/h3-6,13-14H,7-10H2,1-2H3. The van der Waals surface area contributed by atoms with Gasteiger partial charge in [0.05, 0.1) is 4.90 Å². The number of rotatable bonds is 4. The van der Waals surface area contributed by atoms with Crippen molar-refractivity contribution in [1.82, 2.24) is 14.6 Å². The molecule has 1 aromatic rings. The van der Waals surface area contributed by atoms with Crippen molar-refractivity contribution < 1.29 is 8.42 Å². The summed E-state index contributed by atoms with van der Waals surface area (Å²) in [7, 11) is 0.161. The number of nitrogens with one attached hydrogen (secondary N) is 2. The largest absolute Gasteiger partial charge is 0.319 e. The van der Waals surface area contributed by atoms with Crippen LogP contribution in [0.1, 0.15) is 0 Å². The van der Waals surface area contributed by atoms with Gasteiger partial charge in [0.25, 0.3) is 0 Å². The van der Waals surface area contributed by atoms with Crippen LogP contribution in [0, 0.1) is 0 Å². The third-order valence-electron chi connectivity index (χ3n) is 3.22. The first-order chi connectivity index (χ1) is 9.01. The average Bonchev–Trinajstić information content (AvgIpc) is 2.42. The van der Waals surface area contributed by atoms with Crippen molar-refractivity contribution >= 4 is 15.7 Å². The number of likely N-dealkylation sites (N-methyl/N-ethyl adjacent to an activating group) is 1. The molecule has 19 heavy (non-hydrogen) atoms. The van der Waals surface area contributed by atoms with E-state index in [0.29, 0.717) is 0 Å². The molecule has 0 saturated carbocycles. The number of hydrogen-bond acceptors (Lipinski definition) is 5. The van der Waals surface area contributed by atoms with E-state index in [1.807, 2.05) is 0 Å². The molecule has 0 atom stereocenters. The molecule has 0 radical (unpaired) electrons. The minimum atomic E-state index is -3.35. The molecule has 106 valence electrons. The number of nitrogens with zero attached hydrogens (tertiary/aromatic N) is 2. The van der Waals surface area contributed by atoms with Gasteiger partial charge >= 0.3 is 0 Å². The van der Waals surface area contributed by atoms with Crippen molar-refractivity contribution in [3.63, 3.8) is 0 Å². The Morgan fingerprint density at radius 2 is 1.63 bits per heavy atom. The first-order valence-corrected chi connectivity index (χ1v) is 7.73. The Bertz CT molecular complexity index is 507. The van der Waals surface area contributed by atoms with E-state index in [-0.39, 0.29) is 4.90 Å². The number of benzene rings is 1. The lowest BCUT2D eigenvalue weighted by Gasteiger charge is -2.33. The maximum Gasteiger partial charge on any atom is 0.240 e. The zero-order valence-corrected chi connectivity index (χ0v) is 12.1. The topological polar surface area (TPSA) is 64.7 Å². The van der Waals surface area contributed by atoms with Gasteiger partial charge in [-0.1, -0.05) is 0 Å². The van der Waals surface area contributed by atoms with Crippen molar-refractivity contribution in [2.75, 3.05) is 45.7 Å². The van der Waals surface area contributed by atoms with E-state index < -0.39 is 10.0 Å². The van der Waals surface area contributed by atoms with Gasteiger partial charge in [-0.15, -0.1) is 0 Å². The third-order valence-corrected chi connectivity index (χ3v) is 4.65. The molecule has 0 aliphatic carbocycles. The average molecular weight is 284 g/mol. The Balaban J connectivity index is 1.99. The quantitative estimate of drug-likeness (QED) is 0.825. The van der Waals surface area contributed by atoms with Crippen molar-refractivity contribution in [3.8, 4) is 0 Å². The fourth-order valence-electron chi connectivity index (χ4n) is 1.93. The summed E-state index contributed by atoms with van der Waals surface area (Å²) in [5.74, 6) is 0. The molecule has 1 aliphatic rings. The Hall–Kier alpha value is -1.15. The van der Waals surface area contributed by atoms with E-state index >= 15 is 0 Å². The van der Waals surface area contributed by atoms with Gasteiger partial charge in [0.15, 0.2) is 0 Å². The lowest BCUT2D eigenvalue weighted by Crippen LogP contribution is -2.46. The molecule has 0 unspecified atom stereocenters. The van der Waals surface area contributed by atoms with Gasteiger partial charge in [-0.25, -0.2) is 18.1 Å². The fraction of sp³-hybridized carbons (Fsp3) is 0.500. The SMILES string of the molecule is CNS(=O)(=O)c1ccc(NN2CCN(C)CC2)cc1. The lowest BCUT2D eigenvalue weighted by atomic mass is 10.3. The molecule has 0 bridgehead atoms. The summed E-state index contributed by atoms with van der Waals surface area (Å²) in [6.45, 7) is 3.96. The number of anilines is 1. The molecule has 1 fully saturated rings. The highest BCUT2D eigenvalue weighted by molar-refractivity contribution is 7.89. The van der Waals surface area contributed by atoms with Crippen LogP contribution in [0.15, 0.2) is 29.2 Å². The highest BCUT2D eigenvalue weighted by Crippen LogP contribution is 2.14. The molecule has 2 N–H and O–H groups in total. The monoisotopic (exact) mass is 284 g/mol. The minimum Gasteiger partial charge on any atom is -0.319 e. The maximum atomic E-state index is 11.6. The van der Waals surface area contributed by atoms with Crippen LogP contribution in [0.2, 0.25) is 0 Å². The van der Waals surface area contributed by atoms with Gasteiger partial charge in [-0.2, -0.15) is 0 Å². The maximum absolute atomic E-state index is 11.6. The Labute approximate surface area is 114 Å². The third kappa shape index (κ3) is 3.66. The van der Waals surface area contributed by atoms with E-state index in [2.05, 4.69) is 27.1 Å². The molecule has 2 rings (SSSR count). The van der Waals surface area contributed by atoms with Crippen LogP contribution >= 0.6 is 0 Å². The molecule has 0 aromatic heterocycles. The van der Waals surface area contributed by atoms with Gasteiger partial charge in [-0.05, 0) is 38.4 Å². The van der Waals surface area contributed by atoms with Crippen LogP contribution in [-0.4, -0.2) is 58.6 Å². The Morgan fingerprint density at radius 1 is 1.05 bits per heavy atom. The fourth-order valence-corrected chi connectivity index (χ4v) is 2.66. The summed E-state index contributed by atoms with van der Waals surface area (Å²) in [5, 5.41) is 2.14. The Morgan fingerprint density at radius 3 is 2.16 bits per heavy atom. The first kappa shape index (κ1) is 14.3. The van der Waals surface area contributed by atoms with Crippen molar-refractivity contribution in [1.29, 1.82) is 0 Å². The highest BCUT2D eigenvalue weighted by atomic mass is 32.2. The van der Waals surface area contributed by atoms with E-state index in [1.54, 1.807) is 24.3 Å². The van der Waals surface area contributed by atoms with Crippen molar-refractivity contribution in [3.05, 3.63) is 24.3 Å². The van der Waals surface area contributed by atoms with Gasteiger partial charge in [0.1, 0.15) is 0 Å². The second kappa shape index (κ2) is 5.87. The number of sulfonamides is 1. The molecule has 0 amide bonds. The number of hydrogen-bond donors (Lipinski definition) is 2. The summed E-state index contributed by atoms with van der Waals surface area (Å²) in [6, 6.07) is 6.76. The van der Waals surface area contributed by atoms with Gasteiger partial charge in [0, 0.05) is 31.9 Å². The van der Waals surface area contributed by atoms with E-state index in [0.717, 1.165) is 31.9 Å². The van der Waals surface area contributed by atoms with Crippen molar-refractivity contribution in [2.45, 2.75) is 4.90 Å². The zero-order chi connectivity index (χ0) is 13.9. The molecule has 0 spiro atoms. The van der Waals surface area contributed by atoms with Crippen LogP contribution in [0.5, 0.6) is 0 Å². The lowest BCUT2D eigenvalue weighted by molar-refractivity contribution is 0.179. The van der Waals surface area contributed by atoms with Crippen LogP contribution in [0.4, 0.5) is 5.69 Å². The van der Waals surface area contributed by atoms with E-state index in [1.165, 1.54) is 7.05 Å². The second-order valence-corrected chi connectivity index (χ2v) is 6.52. The van der Waals surface area contributed by atoms with Crippen LogP contribution in [0.25, 0.3) is 0 Å². The van der Waals surface area contributed by atoms with E-state index in [4.69, 9.17) is 0 Å². The smallest absolute Gasteiger partial charge is 0.240 e. The summed E-state index contributed by atoms with van der Waals surface area (Å²) in [5.41, 5.74) is 4.19. The molecule has 1 aliphatic heterocycles. The van der Waals surface area contributed by atoms with Gasteiger partial charge in [0.2, 0.25) is 10.0 Å². The van der Waals surface area contributed by atoms with Crippen LogP contribution < -0.4 is 10.1 Å². The molecule has 1 heterocycles. The van der Waals surface area contributed by atoms with Gasteiger partial charge in [-0.3, -0.25) is 0 Å². The molecule has 1 saturated heterocycles. The summed E-state index contributed by atoms with van der Waals surface area (Å²) < 4.78 is 25.5. The normalized spacial score (nSPS) is 18.4. The van der Waals surface area contributed by atoms with Crippen molar-refractivity contribution in [2.24, 2.45) is 0 Å². The summed E-state index contributed by atoms with van der Waals surface area (Å²) in [4.78, 5) is 2.56. The first-order valence-electron chi connectivity index (χ1n) is 6.25. The zero-order valence-electron chi connectivity index (χ0n) is 11.3. The molecular weight excluding hydrogens is 264 g/mol. The van der Waals surface area contributed by atoms with Gasteiger partial charge < -0.3 is 10.3 Å².